The third kappa shape index (κ3) is 2.29. The zero-order chi connectivity index (χ0) is 14.4. The molecule has 1 heterocycles. The average molecular weight is 392 g/mol. The monoisotopic (exact) mass is 390 g/mol. The van der Waals surface area contributed by atoms with Gasteiger partial charge in [0.1, 0.15) is 5.82 Å². The van der Waals surface area contributed by atoms with Crippen molar-refractivity contribution in [2.75, 3.05) is 0 Å². The number of rotatable bonds is 1. The quantitative estimate of drug-likeness (QED) is 0.512. The van der Waals surface area contributed by atoms with Crippen molar-refractivity contribution in [1.29, 1.82) is 0 Å². The largest absolute Gasteiger partial charge is 0.330 e. The van der Waals surface area contributed by atoms with Crippen LogP contribution in [0.5, 0.6) is 0 Å². The number of aromatic nitrogens is 2. The van der Waals surface area contributed by atoms with Crippen LogP contribution in [0, 0.1) is 10.6 Å². The van der Waals surface area contributed by atoms with Gasteiger partial charge in [0, 0.05) is 11.1 Å². The molecule has 0 atom stereocenters. The lowest BCUT2D eigenvalue weighted by molar-refractivity contribution is 0.623. The van der Waals surface area contributed by atoms with Gasteiger partial charge >= 0.3 is 0 Å². The Kier molecular flexibility index (Phi) is 3.62. The van der Waals surface area contributed by atoms with Crippen molar-refractivity contribution < 1.29 is 4.39 Å². The Morgan fingerprint density at radius 1 is 1.20 bits per heavy atom. The summed E-state index contributed by atoms with van der Waals surface area (Å²) in [5.41, 5.74) is 2.01. The van der Waals surface area contributed by atoms with Crippen LogP contribution in [0.1, 0.15) is 0 Å². The first kappa shape index (κ1) is 14.1. The van der Waals surface area contributed by atoms with Crippen LogP contribution in [0.25, 0.3) is 16.7 Å². The highest BCUT2D eigenvalue weighted by molar-refractivity contribution is 9.10. The molecule has 2 nitrogen and oxygen atoms in total. The summed E-state index contributed by atoms with van der Waals surface area (Å²) < 4.78 is 16.1. The van der Waals surface area contributed by atoms with Crippen molar-refractivity contribution in [1.82, 2.24) is 9.55 Å². The highest BCUT2D eigenvalue weighted by atomic mass is 79.9. The van der Waals surface area contributed by atoms with Gasteiger partial charge in [-0.05, 0) is 52.4 Å². The van der Waals surface area contributed by atoms with Crippen molar-refractivity contribution in [3.8, 4) is 5.69 Å². The molecule has 1 aromatic heterocycles. The number of H-pyrrole nitrogens is 1. The molecule has 0 saturated heterocycles. The molecule has 3 rings (SSSR count). The lowest BCUT2D eigenvalue weighted by Crippen LogP contribution is -1.95. The maximum absolute atomic E-state index is 13.6. The fraction of sp³-hybridized carbons (Fsp3) is 0. The van der Waals surface area contributed by atoms with E-state index in [0.717, 1.165) is 5.52 Å². The molecule has 2 aromatic carbocycles. The van der Waals surface area contributed by atoms with Crippen LogP contribution >= 0.6 is 51.3 Å². The third-order valence-electron chi connectivity index (χ3n) is 2.87. The van der Waals surface area contributed by atoms with Crippen molar-refractivity contribution in [2.45, 2.75) is 0 Å². The lowest BCUT2D eigenvalue weighted by Gasteiger charge is -2.07. The summed E-state index contributed by atoms with van der Waals surface area (Å²) >= 11 is 20.6. The molecule has 0 saturated carbocycles. The molecular formula is C13H6BrCl2FN2S. The second kappa shape index (κ2) is 5.15. The fourth-order valence-corrected chi connectivity index (χ4v) is 3.13. The van der Waals surface area contributed by atoms with E-state index in [-0.39, 0.29) is 5.82 Å². The summed E-state index contributed by atoms with van der Waals surface area (Å²) in [6, 6.07) is 8.17. The van der Waals surface area contributed by atoms with Gasteiger partial charge in [0.2, 0.25) is 0 Å². The highest BCUT2D eigenvalue weighted by Crippen LogP contribution is 2.30. The Balaban J connectivity index is 2.39. The SMILES string of the molecule is Fc1cc2[nH]c(=S)n(-c3ccc(Cl)cc3Cl)c2cc1Br. The number of hydrogen-bond donors (Lipinski definition) is 1. The van der Waals surface area contributed by atoms with E-state index in [1.165, 1.54) is 6.07 Å². The number of hydrogen-bond acceptors (Lipinski definition) is 1. The van der Waals surface area contributed by atoms with Crippen LogP contribution in [-0.2, 0) is 0 Å². The molecule has 3 aromatic rings. The highest BCUT2D eigenvalue weighted by Gasteiger charge is 2.12. The Hall–Kier alpha value is -0.880. The van der Waals surface area contributed by atoms with Crippen LogP contribution < -0.4 is 0 Å². The number of imidazole rings is 1. The Labute approximate surface area is 137 Å². The third-order valence-corrected chi connectivity index (χ3v) is 4.31. The molecule has 102 valence electrons. The van der Waals surface area contributed by atoms with Crippen molar-refractivity contribution in [3.63, 3.8) is 0 Å². The first-order valence-corrected chi connectivity index (χ1v) is 7.48. The molecule has 0 aliphatic rings. The molecule has 0 bridgehead atoms. The van der Waals surface area contributed by atoms with Gasteiger partial charge < -0.3 is 4.98 Å². The predicted molar refractivity (Wildman–Crippen MR) is 86.1 cm³/mol. The second-order valence-electron chi connectivity index (χ2n) is 4.14. The van der Waals surface area contributed by atoms with Crippen LogP contribution in [0.2, 0.25) is 10.0 Å². The van der Waals surface area contributed by atoms with E-state index >= 15 is 0 Å². The number of fused-ring (bicyclic) bond motifs is 1. The Morgan fingerprint density at radius 3 is 2.65 bits per heavy atom. The summed E-state index contributed by atoms with van der Waals surface area (Å²) in [6.07, 6.45) is 0. The minimum absolute atomic E-state index is 0.358. The summed E-state index contributed by atoms with van der Waals surface area (Å²) in [7, 11) is 0. The summed E-state index contributed by atoms with van der Waals surface area (Å²) in [4.78, 5) is 2.96. The van der Waals surface area contributed by atoms with Crippen LogP contribution in [0.3, 0.4) is 0 Å². The molecule has 0 spiro atoms. The maximum atomic E-state index is 13.6. The van der Waals surface area contributed by atoms with Gasteiger partial charge in [-0.15, -0.1) is 0 Å². The standard InChI is InChI=1S/C13H6BrCl2FN2S/c14-7-4-12-10(5-9(7)17)18-13(20)19(12)11-2-1-6(15)3-8(11)16/h1-5H,(H,18,20). The van der Waals surface area contributed by atoms with Crippen LogP contribution in [-0.4, -0.2) is 9.55 Å². The summed E-state index contributed by atoms with van der Waals surface area (Å²) in [6.45, 7) is 0. The first-order valence-electron chi connectivity index (χ1n) is 5.52. The van der Waals surface area contributed by atoms with E-state index in [4.69, 9.17) is 35.4 Å². The van der Waals surface area contributed by atoms with E-state index in [1.807, 2.05) is 0 Å². The average Bonchev–Trinajstić information content (AvgIpc) is 2.66. The number of aromatic amines is 1. The molecule has 0 radical (unpaired) electrons. The lowest BCUT2D eigenvalue weighted by atomic mass is 10.2. The molecule has 7 heteroatoms. The maximum Gasteiger partial charge on any atom is 0.182 e. The summed E-state index contributed by atoms with van der Waals surface area (Å²) in [5, 5.41) is 1.01. The van der Waals surface area contributed by atoms with Gasteiger partial charge in [0.25, 0.3) is 0 Å². The van der Waals surface area contributed by atoms with Gasteiger partial charge in [-0.25, -0.2) is 4.39 Å². The minimum Gasteiger partial charge on any atom is -0.330 e. The Bertz CT molecular complexity index is 888. The topological polar surface area (TPSA) is 20.7 Å². The molecule has 0 amide bonds. The molecule has 0 aliphatic carbocycles. The zero-order valence-electron chi connectivity index (χ0n) is 9.75. The molecule has 0 unspecified atom stereocenters. The molecule has 20 heavy (non-hydrogen) atoms. The van der Waals surface area contributed by atoms with Gasteiger partial charge in [-0.3, -0.25) is 4.57 Å². The van der Waals surface area contributed by atoms with Crippen molar-refractivity contribution in [3.05, 3.63) is 55.4 Å². The first-order chi connectivity index (χ1) is 9.47. The van der Waals surface area contributed by atoms with E-state index in [0.29, 0.717) is 30.5 Å². The van der Waals surface area contributed by atoms with Gasteiger partial charge in [0.05, 0.1) is 26.2 Å². The molecule has 0 aliphatic heterocycles. The summed E-state index contributed by atoms with van der Waals surface area (Å²) in [5.74, 6) is -0.358. The Morgan fingerprint density at radius 2 is 1.95 bits per heavy atom. The van der Waals surface area contributed by atoms with Crippen LogP contribution in [0.4, 0.5) is 4.39 Å². The van der Waals surface area contributed by atoms with Gasteiger partial charge in [-0.1, -0.05) is 23.2 Å². The minimum atomic E-state index is -0.358. The van der Waals surface area contributed by atoms with Gasteiger partial charge in [-0.2, -0.15) is 0 Å². The van der Waals surface area contributed by atoms with E-state index < -0.39 is 0 Å². The van der Waals surface area contributed by atoms with E-state index in [1.54, 1.807) is 28.8 Å². The van der Waals surface area contributed by atoms with Crippen molar-refractivity contribution >= 4 is 62.4 Å². The van der Waals surface area contributed by atoms with E-state index in [2.05, 4.69) is 20.9 Å². The second-order valence-corrected chi connectivity index (χ2v) is 6.23. The molecule has 0 fully saturated rings. The predicted octanol–water partition coefficient (Wildman–Crippen LogP) is 5.90. The smallest absolute Gasteiger partial charge is 0.182 e. The molecule has 1 N–H and O–H groups in total. The zero-order valence-corrected chi connectivity index (χ0v) is 13.7. The normalized spacial score (nSPS) is 11.2. The number of halogens is 4. The van der Waals surface area contributed by atoms with E-state index in [9.17, 15) is 4.39 Å². The number of nitrogens with zero attached hydrogens (tertiary/aromatic N) is 1. The molecular weight excluding hydrogens is 386 g/mol. The number of benzene rings is 2. The fourth-order valence-electron chi connectivity index (χ4n) is 2.00. The van der Waals surface area contributed by atoms with Crippen molar-refractivity contribution in [2.24, 2.45) is 0 Å². The number of nitrogens with one attached hydrogen (secondary N) is 1. The van der Waals surface area contributed by atoms with Gasteiger partial charge in [0.15, 0.2) is 4.77 Å². The van der Waals surface area contributed by atoms with Crippen LogP contribution in [0.15, 0.2) is 34.8 Å².